The molecule has 1 aliphatic rings. The molecule has 0 aromatic heterocycles. The molecule has 0 amide bonds. The first-order valence-corrected chi connectivity index (χ1v) is 10.5. The summed E-state index contributed by atoms with van der Waals surface area (Å²) in [7, 11) is 0. The average molecular weight is 403 g/mol. The van der Waals surface area contributed by atoms with Gasteiger partial charge in [0.05, 0.1) is 12.5 Å². The minimum Gasteiger partial charge on any atom is -0.493 e. The van der Waals surface area contributed by atoms with Crippen LogP contribution in [0.5, 0.6) is 5.75 Å². The molecule has 0 aliphatic heterocycles. The van der Waals surface area contributed by atoms with Crippen molar-refractivity contribution in [2.24, 2.45) is 5.92 Å². The highest BCUT2D eigenvalue weighted by Gasteiger charge is 2.39. The van der Waals surface area contributed by atoms with Gasteiger partial charge in [-0.25, -0.2) is 0 Å². The van der Waals surface area contributed by atoms with Gasteiger partial charge < -0.3 is 4.74 Å². The largest absolute Gasteiger partial charge is 0.493 e. The highest BCUT2D eigenvalue weighted by Crippen LogP contribution is 2.38. The number of rotatable bonds is 9. The van der Waals surface area contributed by atoms with Gasteiger partial charge in [0.1, 0.15) is 5.75 Å². The molecule has 1 nitrogen and oxygen atoms in total. The molecule has 2 unspecified atom stereocenters. The Morgan fingerprint density at radius 3 is 2.52 bits per heavy atom. The fraction of sp³-hybridized carbons (Fsp3) is 0.440. The summed E-state index contributed by atoms with van der Waals surface area (Å²) in [6.07, 6.45) is 5.76. The number of hydrogen-bond donors (Lipinski definition) is 0. The van der Waals surface area contributed by atoms with E-state index in [0.29, 0.717) is 17.9 Å². The molecule has 4 heteroatoms. The molecule has 0 spiro atoms. The molecular weight excluding hydrogens is 373 g/mol. The molecule has 0 saturated carbocycles. The van der Waals surface area contributed by atoms with E-state index in [-0.39, 0.29) is 6.42 Å². The van der Waals surface area contributed by atoms with Crippen LogP contribution >= 0.6 is 0 Å². The van der Waals surface area contributed by atoms with Crippen LogP contribution in [0.1, 0.15) is 55.6 Å². The summed E-state index contributed by atoms with van der Waals surface area (Å²) in [6, 6.07) is 16.2. The first kappa shape index (κ1) is 21.5. The molecule has 0 bridgehead atoms. The van der Waals surface area contributed by atoms with E-state index in [1.54, 1.807) is 30.3 Å². The van der Waals surface area contributed by atoms with Gasteiger partial charge in [0.2, 0.25) is 0 Å². The molecule has 0 saturated heterocycles. The molecule has 0 radical (unpaired) electrons. The van der Waals surface area contributed by atoms with Gasteiger partial charge in [0, 0.05) is 0 Å². The van der Waals surface area contributed by atoms with E-state index in [4.69, 9.17) is 4.74 Å². The van der Waals surface area contributed by atoms with Crippen LogP contribution in [-0.2, 0) is 6.42 Å². The van der Waals surface area contributed by atoms with Crippen molar-refractivity contribution in [2.45, 2.75) is 57.0 Å². The van der Waals surface area contributed by atoms with Crippen molar-refractivity contribution in [2.75, 3.05) is 6.61 Å². The van der Waals surface area contributed by atoms with Crippen molar-refractivity contribution >= 4 is 0 Å². The Balaban J connectivity index is 1.46. The second-order valence-corrected chi connectivity index (χ2v) is 7.86. The molecular formula is C25H29F3O. The Morgan fingerprint density at radius 1 is 0.966 bits per heavy atom. The predicted octanol–water partition coefficient (Wildman–Crippen LogP) is 7.48. The minimum atomic E-state index is -4.20. The lowest BCUT2D eigenvalue weighted by atomic mass is 9.92. The molecule has 29 heavy (non-hydrogen) atoms. The van der Waals surface area contributed by atoms with Crippen molar-refractivity contribution in [1.29, 1.82) is 0 Å². The van der Waals surface area contributed by atoms with E-state index in [0.717, 1.165) is 50.0 Å². The van der Waals surface area contributed by atoms with Gasteiger partial charge in [-0.15, -0.1) is 0 Å². The Morgan fingerprint density at radius 2 is 1.79 bits per heavy atom. The number of ether oxygens (including phenoxy) is 1. The molecule has 156 valence electrons. The minimum absolute atomic E-state index is 0.124. The molecule has 2 aromatic rings. The smallest absolute Gasteiger partial charge is 0.395 e. The molecule has 0 heterocycles. The Hall–Kier alpha value is -2.23. The molecule has 0 fully saturated rings. The van der Waals surface area contributed by atoms with Gasteiger partial charge in [0.25, 0.3) is 0 Å². The second kappa shape index (κ2) is 10.5. The van der Waals surface area contributed by atoms with Crippen LogP contribution in [-0.4, -0.2) is 12.8 Å². The normalized spacial score (nSPS) is 17.8. The summed E-state index contributed by atoms with van der Waals surface area (Å²) in [5.74, 6) is 0.0401. The summed E-state index contributed by atoms with van der Waals surface area (Å²) in [6.45, 7) is 0.720. The van der Waals surface area contributed by atoms with Gasteiger partial charge in [0.15, 0.2) is 0 Å². The van der Waals surface area contributed by atoms with Crippen LogP contribution in [0.3, 0.4) is 0 Å². The van der Waals surface area contributed by atoms with Gasteiger partial charge in [-0.1, -0.05) is 61.0 Å². The maximum absolute atomic E-state index is 13.4. The maximum atomic E-state index is 13.4. The monoisotopic (exact) mass is 402 g/mol. The Kier molecular flexibility index (Phi) is 7.79. The van der Waals surface area contributed by atoms with Crippen molar-refractivity contribution < 1.29 is 17.9 Å². The molecule has 2 aromatic carbocycles. The third kappa shape index (κ3) is 6.95. The Bertz CT molecular complexity index is 767. The summed E-state index contributed by atoms with van der Waals surface area (Å²) in [4.78, 5) is 0. The number of benzene rings is 2. The summed E-state index contributed by atoms with van der Waals surface area (Å²) < 4.78 is 46.2. The highest BCUT2D eigenvalue weighted by molar-refractivity contribution is 5.28. The van der Waals surface area contributed by atoms with E-state index in [1.807, 2.05) is 24.3 Å². The van der Waals surface area contributed by atoms with Gasteiger partial charge >= 0.3 is 6.18 Å². The fourth-order valence-electron chi connectivity index (χ4n) is 3.89. The zero-order valence-corrected chi connectivity index (χ0v) is 16.7. The van der Waals surface area contributed by atoms with Crippen LogP contribution in [0.2, 0.25) is 0 Å². The van der Waals surface area contributed by atoms with Crippen molar-refractivity contribution in [1.82, 2.24) is 0 Å². The number of allylic oxidation sites excluding steroid dienone is 2. The molecule has 3 rings (SSSR count). The average Bonchev–Trinajstić information content (AvgIpc) is 2.73. The van der Waals surface area contributed by atoms with E-state index < -0.39 is 12.1 Å². The lowest BCUT2D eigenvalue weighted by molar-refractivity contribution is -0.152. The van der Waals surface area contributed by atoms with E-state index in [2.05, 4.69) is 12.2 Å². The van der Waals surface area contributed by atoms with Crippen molar-refractivity contribution in [3.63, 3.8) is 0 Å². The summed E-state index contributed by atoms with van der Waals surface area (Å²) >= 11 is 0. The van der Waals surface area contributed by atoms with Gasteiger partial charge in [-0.3, -0.25) is 0 Å². The zero-order valence-electron chi connectivity index (χ0n) is 16.7. The van der Waals surface area contributed by atoms with Crippen LogP contribution in [0.25, 0.3) is 0 Å². The van der Waals surface area contributed by atoms with Crippen LogP contribution < -0.4 is 4.74 Å². The van der Waals surface area contributed by atoms with Crippen LogP contribution in [0, 0.1) is 5.92 Å². The number of halogens is 3. The molecule has 0 N–H and O–H groups in total. The van der Waals surface area contributed by atoms with Gasteiger partial charge in [-0.05, 0) is 67.7 Å². The third-order valence-electron chi connectivity index (χ3n) is 5.57. The van der Waals surface area contributed by atoms with Crippen LogP contribution in [0.15, 0.2) is 66.7 Å². The number of alkyl halides is 3. The summed E-state index contributed by atoms with van der Waals surface area (Å²) in [5, 5.41) is 0. The maximum Gasteiger partial charge on any atom is 0.395 e. The van der Waals surface area contributed by atoms with E-state index in [1.165, 1.54) is 0 Å². The third-order valence-corrected chi connectivity index (χ3v) is 5.57. The second-order valence-electron chi connectivity index (χ2n) is 7.86. The van der Waals surface area contributed by atoms with Gasteiger partial charge in [-0.2, -0.15) is 13.2 Å². The SMILES string of the molecule is FC(F)(F)C(CCCCc1cccc(OCC2CC=CCC2)c1)c1ccccc1. The Labute approximate surface area is 171 Å². The van der Waals surface area contributed by atoms with Crippen molar-refractivity contribution in [3.8, 4) is 5.75 Å². The van der Waals surface area contributed by atoms with Crippen molar-refractivity contribution in [3.05, 3.63) is 77.9 Å². The first-order chi connectivity index (χ1) is 14.0. The summed E-state index contributed by atoms with van der Waals surface area (Å²) in [5.41, 5.74) is 1.47. The van der Waals surface area contributed by atoms with E-state index >= 15 is 0 Å². The zero-order chi connectivity index (χ0) is 20.5. The standard InChI is InChI=1S/C25H29F3O/c26-25(27,28)24(22-14-5-2-6-15-22)17-8-7-10-20-13-9-16-23(18-20)29-19-21-11-3-1-4-12-21/h1-3,5-6,9,13-16,18,21,24H,4,7-8,10-12,17,19H2. The molecule has 1 aliphatic carbocycles. The lowest BCUT2D eigenvalue weighted by Gasteiger charge is -2.20. The highest BCUT2D eigenvalue weighted by atomic mass is 19.4. The topological polar surface area (TPSA) is 9.23 Å². The number of unbranched alkanes of at least 4 members (excludes halogenated alkanes) is 1. The quantitative estimate of drug-likeness (QED) is 0.312. The number of aryl methyl sites for hydroxylation is 1. The van der Waals surface area contributed by atoms with E-state index in [9.17, 15) is 13.2 Å². The predicted molar refractivity (Wildman–Crippen MR) is 111 cm³/mol. The first-order valence-electron chi connectivity index (χ1n) is 10.5. The number of hydrogen-bond acceptors (Lipinski definition) is 1. The van der Waals surface area contributed by atoms with Crippen LogP contribution in [0.4, 0.5) is 13.2 Å². The lowest BCUT2D eigenvalue weighted by Crippen LogP contribution is -2.20. The fourth-order valence-corrected chi connectivity index (χ4v) is 3.89. The molecule has 2 atom stereocenters.